The molecule has 0 heterocycles. The van der Waals surface area contributed by atoms with Gasteiger partial charge in [-0.05, 0) is 37.5 Å². The molecule has 0 saturated heterocycles. The summed E-state index contributed by atoms with van der Waals surface area (Å²) in [4.78, 5) is 25.3. The lowest BCUT2D eigenvalue weighted by molar-refractivity contribution is -0.122. The normalized spacial score (nSPS) is 14.9. The van der Waals surface area contributed by atoms with Gasteiger partial charge in [0.1, 0.15) is 6.04 Å². The summed E-state index contributed by atoms with van der Waals surface area (Å²) in [5.74, 6) is 0.521. The average molecular weight is 412 g/mol. The molecule has 1 saturated carbocycles. The minimum atomic E-state index is -0.692. The summed E-state index contributed by atoms with van der Waals surface area (Å²) in [6, 6.07) is 12.6. The number of carbonyl (C=O) groups is 2. The van der Waals surface area contributed by atoms with Gasteiger partial charge >= 0.3 is 0 Å². The predicted molar refractivity (Wildman–Crippen MR) is 113 cm³/mol. The second-order valence-corrected chi connectivity index (χ2v) is 7.47. The molecule has 1 aliphatic carbocycles. The number of methoxy groups -OCH3 is 3. The van der Waals surface area contributed by atoms with Crippen molar-refractivity contribution in [2.24, 2.45) is 0 Å². The Morgan fingerprint density at radius 1 is 1.00 bits per heavy atom. The fraction of sp³-hybridized carbons (Fsp3) is 0.391. The number of hydrogen-bond acceptors (Lipinski definition) is 5. The van der Waals surface area contributed by atoms with Crippen LogP contribution in [0.25, 0.3) is 0 Å². The maximum Gasteiger partial charge on any atom is 0.252 e. The molecule has 30 heavy (non-hydrogen) atoms. The second kappa shape index (κ2) is 9.07. The monoisotopic (exact) mass is 412 g/mol. The third kappa shape index (κ3) is 4.50. The molecule has 7 heteroatoms. The van der Waals surface area contributed by atoms with E-state index in [1.165, 1.54) is 26.9 Å². The Bertz CT molecular complexity index is 884. The maximum absolute atomic E-state index is 12.7. The molecule has 0 bridgehead atoms. The number of amides is 2. The van der Waals surface area contributed by atoms with Gasteiger partial charge in [-0.3, -0.25) is 9.59 Å². The van der Waals surface area contributed by atoms with Gasteiger partial charge in [-0.2, -0.15) is 0 Å². The minimum Gasteiger partial charge on any atom is -0.493 e. The summed E-state index contributed by atoms with van der Waals surface area (Å²) >= 11 is 0. The largest absolute Gasteiger partial charge is 0.493 e. The van der Waals surface area contributed by atoms with Crippen molar-refractivity contribution in [3.8, 4) is 17.2 Å². The first-order valence-electron chi connectivity index (χ1n) is 9.88. The molecular formula is C23H28N2O5. The molecule has 0 aliphatic heterocycles. The SMILES string of the molecule is COc1cc(C(=O)N[C@@H](C)C(=O)NCC2(c3ccccc3)CC2)cc(OC)c1OC. The van der Waals surface area contributed by atoms with Crippen LogP contribution in [-0.4, -0.2) is 45.7 Å². The molecule has 2 N–H and O–H groups in total. The van der Waals surface area contributed by atoms with Crippen LogP contribution in [0.4, 0.5) is 0 Å². The van der Waals surface area contributed by atoms with Gasteiger partial charge in [-0.15, -0.1) is 0 Å². The fourth-order valence-electron chi connectivity index (χ4n) is 3.48. The van der Waals surface area contributed by atoms with Gasteiger partial charge in [0.15, 0.2) is 11.5 Å². The first-order valence-corrected chi connectivity index (χ1v) is 9.88. The van der Waals surface area contributed by atoms with Gasteiger partial charge in [0, 0.05) is 17.5 Å². The molecule has 0 aromatic heterocycles. The van der Waals surface area contributed by atoms with Crippen LogP contribution in [0.5, 0.6) is 17.2 Å². The Labute approximate surface area is 176 Å². The molecule has 2 aromatic carbocycles. The number of nitrogens with one attached hydrogen (secondary N) is 2. The van der Waals surface area contributed by atoms with Gasteiger partial charge in [-0.25, -0.2) is 0 Å². The van der Waals surface area contributed by atoms with E-state index in [2.05, 4.69) is 22.8 Å². The first-order chi connectivity index (χ1) is 14.4. The summed E-state index contributed by atoms with van der Waals surface area (Å²) < 4.78 is 15.8. The van der Waals surface area contributed by atoms with E-state index in [0.717, 1.165) is 12.8 Å². The predicted octanol–water partition coefficient (Wildman–Crippen LogP) is 2.68. The highest BCUT2D eigenvalue weighted by atomic mass is 16.5. The molecular weight excluding hydrogens is 384 g/mol. The molecule has 0 unspecified atom stereocenters. The molecule has 0 spiro atoms. The van der Waals surface area contributed by atoms with Crippen molar-refractivity contribution in [2.45, 2.75) is 31.2 Å². The topological polar surface area (TPSA) is 85.9 Å². The van der Waals surface area contributed by atoms with Crippen LogP contribution < -0.4 is 24.8 Å². The van der Waals surface area contributed by atoms with Crippen molar-refractivity contribution >= 4 is 11.8 Å². The second-order valence-electron chi connectivity index (χ2n) is 7.47. The highest BCUT2D eigenvalue weighted by Crippen LogP contribution is 2.47. The van der Waals surface area contributed by atoms with E-state index < -0.39 is 11.9 Å². The lowest BCUT2D eigenvalue weighted by Crippen LogP contribution is -2.46. The van der Waals surface area contributed by atoms with Crippen molar-refractivity contribution < 1.29 is 23.8 Å². The summed E-state index contributed by atoms with van der Waals surface area (Å²) in [7, 11) is 4.46. The van der Waals surface area contributed by atoms with Crippen molar-refractivity contribution in [1.82, 2.24) is 10.6 Å². The van der Waals surface area contributed by atoms with Gasteiger partial charge in [0.2, 0.25) is 11.7 Å². The first kappa shape index (κ1) is 21.5. The van der Waals surface area contributed by atoms with Gasteiger partial charge in [0.05, 0.1) is 21.3 Å². The van der Waals surface area contributed by atoms with Crippen LogP contribution in [-0.2, 0) is 10.2 Å². The number of hydrogen-bond donors (Lipinski definition) is 2. The summed E-state index contributed by atoms with van der Waals surface area (Å²) in [6.07, 6.45) is 2.09. The Morgan fingerprint density at radius 2 is 1.60 bits per heavy atom. The number of ether oxygens (including phenoxy) is 3. The van der Waals surface area contributed by atoms with Gasteiger partial charge in [0.25, 0.3) is 5.91 Å². The van der Waals surface area contributed by atoms with Crippen LogP contribution >= 0.6 is 0 Å². The van der Waals surface area contributed by atoms with E-state index in [4.69, 9.17) is 14.2 Å². The van der Waals surface area contributed by atoms with E-state index in [1.807, 2.05) is 18.2 Å². The lowest BCUT2D eigenvalue weighted by atomic mass is 9.96. The van der Waals surface area contributed by atoms with Crippen LogP contribution in [0.15, 0.2) is 42.5 Å². The molecule has 1 fully saturated rings. The van der Waals surface area contributed by atoms with E-state index >= 15 is 0 Å². The van der Waals surface area contributed by atoms with E-state index in [-0.39, 0.29) is 11.3 Å². The van der Waals surface area contributed by atoms with Crippen molar-refractivity contribution in [3.63, 3.8) is 0 Å². The number of benzene rings is 2. The molecule has 1 aliphatic rings. The number of carbonyl (C=O) groups excluding carboxylic acids is 2. The van der Waals surface area contributed by atoms with E-state index in [1.54, 1.807) is 19.1 Å². The van der Waals surface area contributed by atoms with E-state index in [9.17, 15) is 9.59 Å². The molecule has 0 radical (unpaired) electrons. The van der Waals surface area contributed by atoms with Crippen LogP contribution in [0.1, 0.15) is 35.7 Å². The zero-order chi connectivity index (χ0) is 21.7. The maximum atomic E-state index is 12.7. The minimum absolute atomic E-state index is 0.0113. The molecule has 2 amide bonds. The fourth-order valence-corrected chi connectivity index (χ4v) is 3.48. The third-order valence-electron chi connectivity index (χ3n) is 5.51. The molecule has 160 valence electrons. The van der Waals surface area contributed by atoms with Crippen LogP contribution in [0, 0.1) is 0 Å². The standard InChI is InChI=1S/C23H28N2O5/c1-15(21(26)24-14-23(10-11-23)17-8-6-5-7-9-17)25-22(27)16-12-18(28-2)20(30-4)19(13-16)29-3/h5-9,12-13,15H,10-11,14H2,1-4H3,(H,24,26)(H,25,27)/t15-/m0/s1. The van der Waals surface area contributed by atoms with Crippen molar-refractivity contribution in [2.75, 3.05) is 27.9 Å². The Morgan fingerprint density at radius 3 is 2.10 bits per heavy atom. The van der Waals surface area contributed by atoms with Crippen molar-refractivity contribution in [1.29, 1.82) is 0 Å². The van der Waals surface area contributed by atoms with Gasteiger partial charge < -0.3 is 24.8 Å². The highest BCUT2D eigenvalue weighted by Gasteiger charge is 2.44. The zero-order valence-corrected chi connectivity index (χ0v) is 17.8. The smallest absolute Gasteiger partial charge is 0.252 e. The highest BCUT2D eigenvalue weighted by molar-refractivity contribution is 5.98. The quantitative estimate of drug-likeness (QED) is 0.661. The molecule has 2 aromatic rings. The van der Waals surface area contributed by atoms with Gasteiger partial charge in [-0.1, -0.05) is 30.3 Å². The third-order valence-corrected chi connectivity index (χ3v) is 5.51. The Kier molecular flexibility index (Phi) is 6.50. The Hall–Kier alpha value is -3.22. The molecule has 3 rings (SSSR count). The zero-order valence-electron chi connectivity index (χ0n) is 17.8. The summed E-state index contributed by atoms with van der Waals surface area (Å²) in [5, 5.41) is 5.71. The van der Waals surface area contributed by atoms with Crippen molar-refractivity contribution in [3.05, 3.63) is 53.6 Å². The molecule has 7 nitrogen and oxygen atoms in total. The lowest BCUT2D eigenvalue weighted by Gasteiger charge is -2.20. The van der Waals surface area contributed by atoms with Crippen LogP contribution in [0.3, 0.4) is 0 Å². The van der Waals surface area contributed by atoms with Crippen LogP contribution in [0.2, 0.25) is 0 Å². The number of rotatable bonds is 9. The Balaban J connectivity index is 1.62. The molecule has 1 atom stereocenters. The summed E-state index contributed by atoms with van der Waals surface area (Å²) in [6.45, 7) is 2.22. The van der Waals surface area contributed by atoms with E-state index in [0.29, 0.717) is 29.4 Å². The average Bonchev–Trinajstić information content (AvgIpc) is 3.58. The summed E-state index contributed by atoms with van der Waals surface area (Å²) in [5.41, 5.74) is 1.56.